The van der Waals surface area contributed by atoms with Gasteiger partial charge in [0, 0.05) is 38.1 Å². The van der Waals surface area contributed by atoms with E-state index in [1.165, 1.54) is 11.3 Å². The summed E-state index contributed by atoms with van der Waals surface area (Å²) in [4.78, 5) is 21.0. The number of rotatable bonds is 4. The zero-order chi connectivity index (χ0) is 18.5. The SMILES string of the molecule is Cc1cccc(N2CCN(C(=O)Nc3cccnc3OC(C)C)CC2)c1. The van der Waals surface area contributed by atoms with Crippen LogP contribution in [0.1, 0.15) is 19.4 Å². The molecule has 0 saturated carbocycles. The molecule has 6 nitrogen and oxygen atoms in total. The molecule has 0 bridgehead atoms. The molecule has 1 aromatic heterocycles. The van der Waals surface area contributed by atoms with Crippen molar-refractivity contribution in [1.82, 2.24) is 9.88 Å². The summed E-state index contributed by atoms with van der Waals surface area (Å²) in [7, 11) is 0. The second-order valence-corrected chi connectivity index (χ2v) is 6.77. The van der Waals surface area contributed by atoms with Crippen LogP contribution in [0.3, 0.4) is 0 Å². The van der Waals surface area contributed by atoms with Gasteiger partial charge >= 0.3 is 6.03 Å². The lowest BCUT2D eigenvalue weighted by Gasteiger charge is -2.36. The van der Waals surface area contributed by atoms with Crippen LogP contribution in [0.2, 0.25) is 0 Å². The summed E-state index contributed by atoms with van der Waals surface area (Å²) in [5.74, 6) is 0.453. The first-order valence-electron chi connectivity index (χ1n) is 9.02. The lowest BCUT2D eigenvalue weighted by Crippen LogP contribution is -2.50. The number of anilines is 2. The molecule has 0 radical (unpaired) electrons. The van der Waals surface area contributed by atoms with Crippen molar-refractivity contribution in [3.8, 4) is 5.88 Å². The maximum Gasteiger partial charge on any atom is 0.322 e. The molecule has 0 spiro atoms. The largest absolute Gasteiger partial charge is 0.473 e. The quantitative estimate of drug-likeness (QED) is 0.912. The Morgan fingerprint density at radius 2 is 1.92 bits per heavy atom. The van der Waals surface area contributed by atoms with E-state index in [4.69, 9.17) is 4.74 Å². The number of amides is 2. The third-order valence-corrected chi connectivity index (χ3v) is 4.29. The summed E-state index contributed by atoms with van der Waals surface area (Å²) >= 11 is 0. The van der Waals surface area contributed by atoms with Crippen molar-refractivity contribution in [3.63, 3.8) is 0 Å². The number of ether oxygens (including phenoxy) is 1. The predicted molar refractivity (Wildman–Crippen MR) is 104 cm³/mol. The normalized spacial score (nSPS) is 14.5. The van der Waals surface area contributed by atoms with Crippen LogP contribution in [0.15, 0.2) is 42.6 Å². The Kier molecular flexibility index (Phi) is 5.61. The van der Waals surface area contributed by atoms with E-state index >= 15 is 0 Å². The van der Waals surface area contributed by atoms with Crippen LogP contribution in [-0.2, 0) is 0 Å². The molecule has 3 rings (SSSR count). The molecule has 2 amide bonds. The highest BCUT2D eigenvalue weighted by molar-refractivity contribution is 5.90. The average molecular weight is 354 g/mol. The molecular weight excluding hydrogens is 328 g/mol. The summed E-state index contributed by atoms with van der Waals surface area (Å²) in [6.07, 6.45) is 1.66. The second-order valence-electron chi connectivity index (χ2n) is 6.77. The predicted octanol–water partition coefficient (Wildman–Crippen LogP) is 3.53. The number of nitrogens with zero attached hydrogens (tertiary/aromatic N) is 3. The zero-order valence-corrected chi connectivity index (χ0v) is 15.6. The minimum Gasteiger partial charge on any atom is -0.473 e. The number of aryl methyl sites for hydroxylation is 1. The summed E-state index contributed by atoms with van der Waals surface area (Å²) in [6.45, 7) is 8.97. The van der Waals surface area contributed by atoms with Gasteiger partial charge in [-0.05, 0) is 50.6 Å². The van der Waals surface area contributed by atoms with Gasteiger partial charge in [0.1, 0.15) is 5.69 Å². The molecule has 1 aliphatic heterocycles. The van der Waals surface area contributed by atoms with Crippen LogP contribution in [0, 0.1) is 6.92 Å². The highest BCUT2D eigenvalue weighted by Crippen LogP contribution is 2.23. The van der Waals surface area contributed by atoms with Crippen LogP contribution in [0.5, 0.6) is 5.88 Å². The van der Waals surface area contributed by atoms with Crippen molar-refractivity contribution in [3.05, 3.63) is 48.2 Å². The number of carbonyl (C=O) groups is 1. The molecule has 1 N–H and O–H groups in total. The smallest absolute Gasteiger partial charge is 0.322 e. The Balaban J connectivity index is 1.59. The van der Waals surface area contributed by atoms with E-state index in [9.17, 15) is 4.79 Å². The summed E-state index contributed by atoms with van der Waals surface area (Å²) < 4.78 is 5.67. The zero-order valence-electron chi connectivity index (χ0n) is 15.6. The molecule has 26 heavy (non-hydrogen) atoms. The van der Waals surface area contributed by atoms with Gasteiger partial charge in [0.15, 0.2) is 0 Å². The van der Waals surface area contributed by atoms with E-state index in [0.717, 1.165) is 13.1 Å². The number of hydrogen-bond donors (Lipinski definition) is 1. The number of aromatic nitrogens is 1. The molecule has 6 heteroatoms. The number of nitrogens with one attached hydrogen (secondary N) is 1. The minimum absolute atomic E-state index is 0.00146. The maximum atomic E-state index is 12.6. The number of urea groups is 1. The minimum atomic E-state index is -0.115. The molecule has 1 fully saturated rings. The van der Waals surface area contributed by atoms with Gasteiger partial charge in [0.2, 0.25) is 5.88 Å². The number of hydrogen-bond acceptors (Lipinski definition) is 4. The molecule has 0 unspecified atom stereocenters. The first-order valence-corrected chi connectivity index (χ1v) is 9.02. The average Bonchev–Trinajstić information content (AvgIpc) is 2.63. The second kappa shape index (κ2) is 8.08. The molecule has 2 heterocycles. The van der Waals surface area contributed by atoms with Crippen LogP contribution >= 0.6 is 0 Å². The fourth-order valence-corrected chi connectivity index (χ4v) is 2.99. The highest BCUT2D eigenvalue weighted by atomic mass is 16.5. The van der Waals surface area contributed by atoms with Crippen LogP contribution < -0.4 is 15.0 Å². The Hall–Kier alpha value is -2.76. The van der Waals surface area contributed by atoms with Gasteiger partial charge in [-0.25, -0.2) is 9.78 Å². The number of benzene rings is 1. The Morgan fingerprint density at radius 1 is 1.15 bits per heavy atom. The molecule has 1 saturated heterocycles. The lowest BCUT2D eigenvalue weighted by atomic mass is 10.2. The van der Waals surface area contributed by atoms with Crippen molar-refractivity contribution in [2.75, 3.05) is 36.4 Å². The van der Waals surface area contributed by atoms with E-state index in [1.807, 2.05) is 24.8 Å². The molecule has 1 aromatic carbocycles. The lowest BCUT2D eigenvalue weighted by molar-refractivity contribution is 0.207. The summed E-state index contributed by atoms with van der Waals surface area (Å²) in [5.41, 5.74) is 3.06. The van der Waals surface area contributed by atoms with Gasteiger partial charge in [-0.15, -0.1) is 0 Å². The number of carbonyl (C=O) groups excluding carboxylic acids is 1. The van der Waals surface area contributed by atoms with E-state index < -0.39 is 0 Å². The van der Waals surface area contributed by atoms with Crippen molar-refractivity contribution < 1.29 is 9.53 Å². The van der Waals surface area contributed by atoms with E-state index in [2.05, 4.69) is 46.4 Å². The highest BCUT2D eigenvalue weighted by Gasteiger charge is 2.22. The van der Waals surface area contributed by atoms with Crippen molar-refractivity contribution in [1.29, 1.82) is 0 Å². The number of piperazine rings is 1. The third kappa shape index (κ3) is 4.45. The first-order chi connectivity index (χ1) is 12.5. The van der Waals surface area contributed by atoms with E-state index in [0.29, 0.717) is 24.7 Å². The van der Waals surface area contributed by atoms with Gasteiger partial charge in [-0.2, -0.15) is 0 Å². The van der Waals surface area contributed by atoms with Gasteiger partial charge < -0.3 is 19.9 Å². The van der Waals surface area contributed by atoms with E-state index in [1.54, 1.807) is 12.3 Å². The summed E-state index contributed by atoms with van der Waals surface area (Å²) in [6, 6.07) is 12.0. The van der Waals surface area contributed by atoms with E-state index in [-0.39, 0.29) is 12.1 Å². The Bertz CT molecular complexity index is 755. The van der Waals surface area contributed by atoms with Crippen molar-refractivity contribution >= 4 is 17.4 Å². The standard InChI is InChI=1S/C20H26N4O2/c1-15(2)26-19-18(8-5-9-21-19)22-20(25)24-12-10-23(11-13-24)17-7-4-6-16(3)14-17/h4-9,14-15H,10-13H2,1-3H3,(H,22,25). The van der Waals surface area contributed by atoms with Crippen LogP contribution in [0.4, 0.5) is 16.2 Å². The van der Waals surface area contributed by atoms with Gasteiger partial charge in [0.25, 0.3) is 0 Å². The monoisotopic (exact) mass is 354 g/mol. The van der Waals surface area contributed by atoms with Crippen LogP contribution in [0.25, 0.3) is 0 Å². The molecule has 0 aliphatic carbocycles. The van der Waals surface area contributed by atoms with Gasteiger partial charge in [-0.3, -0.25) is 0 Å². The molecule has 2 aromatic rings. The topological polar surface area (TPSA) is 57.7 Å². The molecule has 0 atom stereocenters. The van der Waals surface area contributed by atoms with Crippen molar-refractivity contribution in [2.24, 2.45) is 0 Å². The maximum absolute atomic E-state index is 12.6. The Morgan fingerprint density at radius 3 is 2.62 bits per heavy atom. The fraction of sp³-hybridized carbons (Fsp3) is 0.400. The Labute approximate surface area is 154 Å². The molecule has 138 valence electrons. The molecular formula is C20H26N4O2. The third-order valence-electron chi connectivity index (χ3n) is 4.29. The van der Waals surface area contributed by atoms with Gasteiger partial charge in [0.05, 0.1) is 6.10 Å². The molecule has 1 aliphatic rings. The van der Waals surface area contributed by atoms with Crippen LogP contribution in [-0.4, -0.2) is 48.2 Å². The number of pyridine rings is 1. The fourth-order valence-electron chi connectivity index (χ4n) is 2.99. The summed E-state index contributed by atoms with van der Waals surface area (Å²) in [5, 5.41) is 2.93. The van der Waals surface area contributed by atoms with Gasteiger partial charge in [-0.1, -0.05) is 12.1 Å². The first kappa shape index (κ1) is 18.0. The van der Waals surface area contributed by atoms with Crippen molar-refractivity contribution in [2.45, 2.75) is 26.9 Å².